The van der Waals surface area contributed by atoms with E-state index in [4.69, 9.17) is 14.7 Å². The van der Waals surface area contributed by atoms with Crippen molar-refractivity contribution in [3.8, 4) is 17.6 Å². The van der Waals surface area contributed by atoms with Gasteiger partial charge in [0.2, 0.25) is 5.91 Å². The molecule has 0 saturated carbocycles. The molecule has 0 bridgehead atoms. The highest BCUT2D eigenvalue weighted by atomic mass is 16.5. The van der Waals surface area contributed by atoms with E-state index in [0.29, 0.717) is 17.1 Å². The van der Waals surface area contributed by atoms with Crippen molar-refractivity contribution in [3.05, 3.63) is 65.2 Å². The Morgan fingerprint density at radius 2 is 1.80 bits per heavy atom. The Labute approximate surface area is 147 Å². The fourth-order valence-electron chi connectivity index (χ4n) is 2.32. The minimum Gasteiger partial charge on any atom is -0.493 e. The maximum atomic E-state index is 12.1. The molecule has 0 fully saturated rings. The summed E-state index contributed by atoms with van der Waals surface area (Å²) in [4.78, 5) is 12.1. The maximum Gasteiger partial charge on any atom is 0.244 e. The highest BCUT2D eigenvalue weighted by molar-refractivity contribution is 5.92. The smallest absolute Gasteiger partial charge is 0.244 e. The van der Waals surface area contributed by atoms with E-state index in [1.807, 2.05) is 25.1 Å². The van der Waals surface area contributed by atoms with Gasteiger partial charge < -0.3 is 14.8 Å². The molecular formula is C20H20N2O3. The van der Waals surface area contributed by atoms with Gasteiger partial charge in [-0.25, -0.2) is 0 Å². The third kappa shape index (κ3) is 4.85. The monoisotopic (exact) mass is 336 g/mol. The Hall–Kier alpha value is -3.26. The Kier molecular flexibility index (Phi) is 6.19. The van der Waals surface area contributed by atoms with E-state index < -0.39 is 0 Å². The summed E-state index contributed by atoms with van der Waals surface area (Å²) in [5.74, 6) is 1.04. The molecule has 1 unspecified atom stereocenters. The molecule has 1 amide bonds. The average Bonchev–Trinajstić information content (AvgIpc) is 2.66. The molecule has 2 rings (SSSR count). The zero-order valence-electron chi connectivity index (χ0n) is 14.4. The van der Waals surface area contributed by atoms with Crippen LogP contribution in [0.1, 0.15) is 29.7 Å². The van der Waals surface area contributed by atoms with Crippen LogP contribution in [0.3, 0.4) is 0 Å². The fourth-order valence-corrected chi connectivity index (χ4v) is 2.32. The van der Waals surface area contributed by atoms with E-state index in [2.05, 4.69) is 11.4 Å². The second kappa shape index (κ2) is 8.55. The van der Waals surface area contributed by atoms with Crippen molar-refractivity contribution in [2.75, 3.05) is 14.2 Å². The number of nitrogens with zero attached hydrogens (tertiary/aromatic N) is 1. The van der Waals surface area contributed by atoms with Crippen molar-refractivity contribution in [2.24, 2.45) is 0 Å². The van der Waals surface area contributed by atoms with Gasteiger partial charge in [-0.05, 0) is 48.4 Å². The van der Waals surface area contributed by atoms with Gasteiger partial charge in [0, 0.05) is 6.08 Å². The van der Waals surface area contributed by atoms with E-state index >= 15 is 0 Å². The summed E-state index contributed by atoms with van der Waals surface area (Å²) in [7, 11) is 3.14. The van der Waals surface area contributed by atoms with Crippen LogP contribution >= 0.6 is 0 Å². The maximum absolute atomic E-state index is 12.1. The molecule has 0 spiro atoms. The van der Waals surface area contributed by atoms with E-state index in [9.17, 15) is 4.79 Å². The highest BCUT2D eigenvalue weighted by Crippen LogP contribution is 2.27. The molecule has 0 aliphatic rings. The lowest BCUT2D eigenvalue weighted by Gasteiger charge is -2.13. The molecular weight excluding hydrogens is 316 g/mol. The number of hydrogen-bond donors (Lipinski definition) is 1. The summed E-state index contributed by atoms with van der Waals surface area (Å²) in [6.07, 6.45) is 3.18. The van der Waals surface area contributed by atoms with Gasteiger partial charge in [-0.15, -0.1) is 0 Å². The van der Waals surface area contributed by atoms with Gasteiger partial charge in [0.25, 0.3) is 0 Å². The average molecular weight is 336 g/mol. The Balaban J connectivity index is 2.01. The molecule has 128 valence electrons. The number of carbonyl (C=O) groups is 1. The van der Waals surface area contributed by atoms with E-state index in [1.54, 1.807) is 44.6 Å². The topological polar surface area (TPSA) is 71.3 Å². The summed E-state index contributed by atoms with van der Waals surface area (Å²) in [6.45, 7) is 1.89. The second-order valence-corrected chi connectivity index (χ2v) is 5.41. The first-order valence-electron chi connectivity index (χ1n) is 7.78. The van der Waals surface area contributed by atoms with Crippen LogP contribution < -0.4 is 14.8 Å². The van der Waals surface area contributed by atoms with Crippen molar-refractivity contribution < 1.29 is 14.3 Å². The molecule has 5 heteroatoms. The Morgan fingerprint density at radius 1 is 1.12 bits per heavy atom. The van der Waals surface area contributed by atoms with Crippen LogP contribution in [0.15, 0.2) is 48.5 Å². The van der Waals surface area contributed by atoms with Crippen molar-refractivity contribution in [1.29, 1.82) is 5.26 Å². The predicted octanol–water partition coefficient (Wildman–Crippen LogP) is 3.47. The van der Waals surface area contributed by atoms with Crippen molar-refractivity contribution >= 4 is 12.0 Å². The number of nitrogens with one attached hydrogen (secondary N) is 1. The summed E-state index contributed by atoms with van der Waals surface area (Å²) < 4.78 is 10.4. The van der Waals surface area contributed by atoms with Crippen LogP contribution in [0, 0.1) is 11.3 Å². The lowest BCUT2D eigenvalue weighted by Crippen LogP contribution is -2.24. The lowest BCUT2D eigenvalue weighted by atomic mass is 10.1. The molecule has 2 aromatic carbocycles. The number of nitriles is 1. The van der Waals surface area contributed by atoms with Crippen LogP contribution in [-0.2, 0) is 4.79 Å². The third-order valence-electron chi connectivity index (χ3n) is 3.73. The normalized spacial score (nSPS) is 11.6. The molecule has 0 aromatic heterocycles. The zero-order chi connectivity index (χ0) is 18.2. The molecule has 5 nitrogen and oxygen atoms in total. The Bertz CT molecular complexity index is 805. The quantitative estimate of drug-likeness (QED) is 0.820. The minimum absolute atomic E-state index is 0.157. The number of rotatable bonds is 6. The highest BCUT2D eigenvalue weighted by Gasteiger charge is 2.08. The van der Waals surface area contributed by atoms with E-state index in [1.165, 1.54) is 6.08 Å². The number of benzene rings is 2. The van der Waals surface area contributed by atoms with Gasteiger partial charge in [0.05, 0.1) is 31.9 Å². The molecule has 1 N–H and O–H groups in total. The van der Waals surface area contributed by atoms with Crippen molar-refractivity contribution in [1.82, 2.24) is 5.32 Å². The second-order valence-electron chi connectivity index (χ2n) is 5.41. The van der Waals surface area contributed by atoms with Crippen LogP contribution in [0.25, 0.3) is 6.08 Å². The summed E-state index contributed by atoms with van der Waals surface area (Å²) >= 11 is 0. The fraction of sp³-hybridized carbons (Fsp3) is 0.200. The number of ether oxygens (including phenoxy) is 2. The van der Waals surface area contributed by atoms with Crippen molar-refractivity contribution in [3.63, 3.8) is 0 Å². The third-order valence-corrected chi connectivity index (χ3v) is 3.73. The van der Waals surface area contributed by atoms with Gasteiger partial charge in [0.1, 0.15) is 0 Å². The number of amides is 1. The molecule has 0 saturated heterocycles. The zero-order valence-corrected chi connectivity index (χ0v) is 14.4. The number of methoxy groups -OCH3 is 2. The molecule has 2 aromatic rings. The van der Waals surface area contributed by atoms with Gasteiger partial charge >= 0.3 is 0 Å². The summed E-state index contributed by atoms with van der Waals surface area (Å²) in [6, 6.07) is 14.5. The molecule has 0 heterocycles. The summed E-state index contributed by atoms with van der Waals surface area (Å²) in [5, 5.41) is 11.7. The molecule has 25 heavy (non-hydrogen) atoms. The minimum atomic E-state index is -0.202. The molecule has 0 aliphatic carbocycles. The van der Waals surface area contributed by atoms with Crippen LogP contribution in [0.5, 0.6) is 11.5 Å². The summed E-state index contributed by atoms with van der Waals surface area (Å²) in [5.41, 5.74) is 2.36. The number of hydrogen-bond acceptors (Lipinski definition) is 4. The van der Waals surface area contributed by atoms with Gasteiger partial charge in [-0.3, -0.25) is 4.79 Å². The Morgan fingerprint density at radius 3 is 2.40 bits per heavy atom. The first kappa shape index (κ1) is 18.1. The van der Waals surface area contributed by atoms with Crippen LogP contribution in [0.2, 0.25) is 0 Å². The predicted molar refractivity (Wildman–Crippen MR) is 96.3 cm³/mol. The lowest BCUT2D eigenvalue weighted by molar-refractivity contribution is -0.117. The van der Waals surface area contributed by atoms with Gasteiger partial charge in [0.15, 0.2) is 11.5 Å². The largest absolute Gasteiger partial charge is 0.493 e. The van der Waals surface area contributed by atoms with Crippen LogP contribution in [0.4, 0.5) is 0 Å². The molecule has 1 atom stereocenters. The molecule has 0 aliphatic heterocycles. The van der Waals surface area contributed by atoms with Gasteiger partial charge in [-0.1, -0.05) is 18.2 Å². The standard InChI is InChI=1S/C20H20N2O3/c1-14(17-8-4-16(13-21)5-9-17)22-20(23)11-7-15-6-10-18(24-2)19(12-15)25-3/h4-12,14H,1-3H3,(H,22,23)/b11-7+. The van der Waals surface area contributed by atoms with Gasteiger partial charge in [-0.2, -0.15) is 5.26 Å². The van der Waals surface area contributed by atoms with Crippen LogP contribution in [-0.4, -0.2) is 20.1 Å². The van der Waals surface area contributed by atoms with E-state index in [0.717, 1.165) is 11.1 Å². The first-order chi connectivity index (χ1) is 12.1. The van der Waals surface area contributed by atoms with E-state index in [-0.39, 0.29) is 11.9 Å². The number of carbonyl (C=O) groups excluding carboxylic acids is 1. The SMILES string of the molecule is COc1ccc(/C=C/C(=O)NC(C)c2ccc(C#N)cc2)cc1OC. The first-order valence-corrected chi connectivity index (χ1v) is 7.78. The van der Waals surface area contributed by atoms with Crippen molar-refractivity contribution in [2.45, 2.75) is 13.0 Å². The molecule has 0 radical (unpaired) electrons.